The van der Waals surface area contributed by atoms with E-state index in [1.165, 1.54) is 12.7 Å². The van der Waals surface area contributed by atoms with Crippen LogP contribution in [-0.2, 0) is 8.64 Å². The Morgan fingerprint density at radius 3 is 2.45 bits per heavy atom. The summed E-state index contributed by atoms with van der Waals surface area (Å²) in [6.45, 7) is 3.00. The molecule has 2 unspecified atom stereocenters. The Morgan fingerprint density at radius 2 is 2.00 bits per heavy atom. The number of hydrogen-bond acceptors (Lipinski definition) is 5. The van der Waals surface area contributed by atoms with E-state index in [0.29, 0.717) is 6.42 Å². The molecule has 0 aliphatic carbocycles. The van der Waals surface area contributed by atoms with Gasteiger partial charge in [-0.15, -0.1) is 0 Å². The van der Waals surface area contributed by atoms with Crippen molar-refractivity contribution < 1.29 is 18.3 Å². The Balaban J connectivity index is 3.17. The maximum absolute atomic E-state index is 12.0. The number of benzene rings is 1. The normalized spacial score (nSPS) is 15.4. The lowest BCUT2D eigenvalue weighted by molar-refractivity contribution is -0.384. The SMILES string of the molecule is CCC(Oc1cc([N+](=O)[O-])c(Cl)cc1Cl)P(C)(=O)OCl. The molecule has 0 amide bonds. The van der Waals surface area contributed by atoms with E-state index in [9.17, 15) is 14.7 Å². The van der Waals surface area contributed by atoms with Crippen molar-refractivity contribution in [2.24, 2.45) is 0 Å². The van der Waals surface area contributed by atoms with Gasteiger partial charge in [-0.05, 0) is 12.5 Å². The molecule has 0 fully saturated rings. The highest BCUT2D eigenvalue weighted by atomic mass is 35.5. The molecule has 6 nitrogen and oxygen atoms in total. The van der Waals surface area contributed by atoms with Gasteiger partial charge in [0, 0.05) is 6.66 Å². The van der Waals surface area contributed by atoms with Gasteiger partial charge in [-0.2, -0.15) is 0 Å². The van der Waals surface area contributed by atoms with E-state index in [2.05, 4.69) is 4.08 Å². The lowest BCUT2D eigenvalue weighted by atomic mass is 10.3. The summed E-state index contributed by atoms with van der Waals surface area (Å²) in [6, 6.07) is 2.26. The Hall–Kier alpha value is -0.520. The van der Waals surface area contributed by atoms with E-state index in [1.807, 2.05) is 0 Å². The molecule has 0 aliphatic heterocycles. The van der Waals surface area contributed by atoms with Gasteiger partial charge in [0.25, 0.3) is 13.1 Å². The summed E-state index contributed by atoms with van der Waals surface area (Å²) < 4.78 is 21.9. The van der Waals surface area contributed by atoms with Crippen molar-refractivity contribution >= 4 is 48.1 Å². The van der Waals surface area contributed by atoms with Crippen LogP contribution in [-0.4, -0.2) is 17.4 Å². The number of nitrogens with zero attached hydrogens (tertiary/aromatic N) is 1. The fourth-order valence-electron chi connectivity index (χ4n) is 1.45. The van der Waals surface area contributed by atoms with Crippen LogP contribution in [0.3, 0.4) is 0 Å². The molecule has 0 aromatic heterocycles. The topological polar surface area (TPSA) is 78.7 Å². The van der Waals surface area contributed by atoms with E-state index in [-0.39, 0.29) is 21.5 Å². The third kappa shape index (κ3) is 3.99. The second-order valence-corrected chi connectivity index (χ2v) is 7.71. The Labute approximate surface area is 130 Å². The van der Waals surface area contributed by atoms with E-state index in [1.54, 1.807) is 6.92 Å². The predicted molar refractivity (Wildman–Crippen MR) is 78.3 cm³/mol. The molecule has 0 bridgehead atoms. The molecule has 1 aromatic rings. The van der Waals surface area contributed by atoms with Crippen LogP contribution in [0.25, 0.3) is 0 Å². The van der Waals surface area contributed by atoms with E-state index in [4.69, 9.17) is 39.8 Å². The van der Waals surface area contributed by atoms with Crippen LogP contribution in [0.4, 0.5) is 5.69 Å². The van der Waals surface area contributed by atoms with Crippen LogP contribution in [0, 0.1) is 10.1 Å². The predicted octanol–water partition coefficient (Wildman–Crippen LogP) is 5.09. The number of ether oxygens (including phenoxy) is 1. The highest BCUT2D eigenvalue weighted by Crippen LogP contribution is 2.52. The van der Waals surface area contributed by atoms with Gasteiger partial charge >= 0.3 is 0 Å². The first-order valence-corrected chi connectivity index (χ1v) is 8.61. The minimum absolute atomic E-state index is 0.00888. The van der Waals surface area contributed by atoms with E-state index < -0.39 is 18.1 Å². The van der Waals surface area contributed by atoms with Crippen molar-refractivity contribution in [2.75, 3.05) is 6.66 Å². The zero-order chi connectivity index (χ0) is 15.5. The van der Waals surface area contributed by atoms with Crippen LogP contribution >= 0.6 is 42.4 Å². The van der Waals surface area contributed by atoms with Crippen molar-refractivity contribution in [2.45, 2.75) is 19.2 Å². The van der Waals surface area contributed by atoms with Crippen molar-refractivity contribution in [3.05, 3.63) is 32.3 Å². The molecule has 0 spiro atoms. The molecule has 2 atom stereocenters. The average molecular weight is 363 g/mol. The number of nitro benzene ring substituents is 1. The third-order valence-corrected chi connectivity index (χ3v) is 5.68. The first-order valence-electron chi connectivity index (χ1n) is 5.40. The zero-order valence-corrected chi connectivity index (χ0v) is 13.7. The first kappa shape index (κ1) is 17.5. The zero-order valence-electron chi connectivity index (χ0n) is 10.5. The largest absolute Gasteiger partial charge is 0.478 e. The summed E-state index contributed by atoms with van der Waals surface area (Å²) in [6.07, 6.45) is 0.313. The second-order valence-electron chi connectivity index (χ2n) is 3.95. The molecule has 1 aromatic carbocycles. The molecular formula is C10H11Cl3NO5P. The minimum Gasteiger partial charge on any atom is -0.478 e. The lowest BCUT2D eigenvalue weighted by Gasteiger charge is -2.22. The molecule has 112 valence electrons. The summed E-state index contributed by atoms with van der Waals surface area (Å²) in [5, 5.41) is 10.8. The maximum Gasteiger partial charge on any atom is 0.291 e. The van der Waals surface area contributed by atoms with Crippen LogP contribution in [0.2, 0.25) is 10.0 Å². The van der Waals surface area contributed by atoms with E-state index >= 15 is 0 Å². The minimum atomic E-state index is -3.24. The molecule has 20 heavy (non-hydrogen) atoms. The Morgan fingerprint density at radius 1 is 1.40 bits per heavy atom. The molecule has 1 rings (SSSR count). The molecule has 0 radical (unpaired) electrons. The third-order valence-electron chi connectivity index (χ3n) is 2.47. The Kier molecular flexibility index (Phi) is 6.10. The molecule has 0 saturated heterocycles. The van der Waals surface area contributed by atoms with Gasteiger partial charge in [0.1, 0.15) is 10.8 Å². The molecular weight excluding hydrogens is 351 g/mol. The fourth-order valence-corrected chi connectivity index (χ4v) is 3.27. The highest BCUT2D eigenvalue weighted by Gasteiger charge is 2.31. The van der Waals surface area contributed by atoms with Gasteiger partial charge in [0.2, 0.25) is 0 Å². The van der Waals surface area contributed by atoms with Crippen molar-refractivity contribution in [1.82, 2.24) is 0 Å². The van der Waals surface area contributed by atoms with Gasteiger partial charge in [-0.25, -0.2) is 4.08 Å². The standard InChI is InChI=1S/C10H11Cl3NO5P/c1-3-10(20(2,17)19-13)18-9-5-8(14(15)16)6(11)4-7(9)12/h4-5,10H,3H2,1-2H3. The van der Waals surface area contributed by atoms with Gasteiger partial charge < -0.3 is 4.74 Å². The van der Waals surface area contributed by atoms with Gasteiger partial charge in [-0.1, -0.05) is 30.1 Å². The van der Waals surface area contributed by atoms with Crippen molar-refractivity contribution in [3.8, 4) is 5.75 Å². The van der Waals surface area contributed by atoms with Crippen molar-refractivity contribution in [3.63, 3.8) is 0 Å². The molecule has 0 N–H and O–H groups in total. The average Bonchev–Trinajstić information content (AvgIpc) is 2.37. The Bertz CT molecular complexity index is 568. The fraction of sp³-hybridized carbons (Fsp3) is 0.400. The van der Waals surface area contributed by atoms with Crippen LogP contribution in [0.1, 0.15) is 13.3 Å². The monoisotopic (exact) mass is 361 g/mol. The number of rotatable bonds is 6. The number of hydrogen-bond donors (Lipinski definition) is 0. The summed E-state index contributed by atoms with van der Waals surface area (Å²) in [5.41, 5.74) is -0.362. The number of halogens is 3. The number of nitro groups is 1. The first-order chi connectivity index (χ1) is 9.22. The molecule has 0 heterocycles. The molecule has 0 aliphatic rings. The smallest absolute Gasteiger partial charge is 0.291 e. The van der Waals surface area contributed by atoms with E-state index in [0.717, 1.165) is 6.07 Å². The molecule has 0 saturated carbocycles. The lowest BCUT2D eigenvalue weighted by Crippen LogP contribution is -2.16. The van der Waals surface area contributed by atoms with Crippen LogP contribution < -0.4 is 4.74 Å². The van der Waals surface area contributed by atoms with Crippen LogP contribution in [0.15, 0.2) is 12.1 Å². The quantitative estimate of drug-likeness (QED) is 0.400. The van der Waals surface area contributed by atoms with Gasteiger partial charge in [0.05, 0.1) is 27.9 Å². The van der Waals surface area contributed by atoms with Gasteiger partial charge in [-0.3, -0.25) is 14.7 Å². The summed E-state index contributed by atoms with van der Waals surface area (Å²) >= 11 is 16.8. The van der Waals surface area contributed by atoms with Crippen molar-refractivity contribution in [1.29, 1.82) is 0 Å². The van der Waals surface area contributed by atoms with Crippen LogP contribution in [0.5, 0.6) is 5.75 Å². The summed E-state index contributed by atoms with van der Waals surface area (Å²) in [5.74, 6) is -0.885. The second kappa shape index (κ2) is 6.96. The van der Waals surface area contributed by atoms with Gasteiger partial charge in [0.15, 0.2) is 5.85 Å². The maximum atomic E-state index is 12.0. The summed E-state index contributed by atoms with van der Waals surface area (Å²) in [4.78, 5) is 10.1. The molecule has 10 heteroatoms. The highest BCUT2D eigenvalue weighted by molar-refractivity contribution is 7.59. The summed E-state index contributed by atoms with van der Waals surface area (Å²) in [7, 11) is -3.24.